The van der Waals surface area contributed by atoms with Crippen LogP contribution >= 0.6 is 11.6 Å². The number of para-hydroxylation sites is 1. The molecule has 2 aromatic carbocycles. The number of methoxy groups -OCH3 is 2. The lowest BCUT2D eigenvalue weighted by atomic mass is 9.97. The molecule has 0 aliphatic carbocycles. The molecule has 0 spiro atoms. The van der Waals surface area contributed by atoms with E-state index in [-0.39, 0.29) is 53.2 Å². The second-order valence-electron chi connectivity index (χ2n) is 8.17. The second kappa shape index (κ2) is 11.1. The van der Waals surface area contributed by atoms with Crippen molar-refractivity contribution in [2.24, 2.45) is 0 Å². The lowest BCUT2D eigenvalue weighted by molar-refractivity contribution is -0.146. The van der Waals surface area contributed by atoms with E-state index >= 15 is 0 Å². The van der Waals surface area contributed by atoms with Crippen LogP contribution in [0.15, 0.2) is 30.3 Å². The number of aliphatic hydroxyl groups excluding tert-OH is 1. The van der Waals surface area contributed by atoms with Crippen LogP contribution in [0.4, 0.5) is 13.2 Å². The van der Waals surface area contributed by atoms with Gasteiger partial charge in [-0.05, 0) is 12.1 Å². The second-order valence-corrected chi connectivity index (χ2v) is 8.60. The van der Waals surface area contributed by atoms with Gasteiger partial charge in [-0.25, -0.2) is 0 Å². The zero-order chi connectivity index (χ0) is 27.6. The maximum atomic E-state index is 14.2. The first-order valence-electron chi connectivity index (χ1n) is 11.3. The molecule has 2 N–H and O–H groups in total. The largest absolute Gasteiger partial charge is 0.493 e. The topological polar surface area (TPSA) is 125 Å². The number of fused-ring (bicyclic) bond motifs is 3. The summed E-state index contributed by atoms with van der Waals surface area (Å²) < 4.78 is 66.1. The fourth-order valence-corrected chi connectivity index (χ4v) is 4.47. The molecule has 1 aliphatic rings. The number of aliphatic hydroxyl groups is 1. The molecule has 14 heteroatoms. The SMILES string of the molecule is COc1cccc(C2OC(CC(=O)O)c3nnc(C(F)(F)F)n3-c3c(OCCCO)cc(Cl)cc32)c1OC. The molecular formula is C24H23ClF3N3O7. The Bertz CT molecular complexity index is 1330. The third-order valence-corrected chi connectivity index (χ3v) is 5.96. The zero-order valence-corrected chi connectivity index (χ0v) is 20.9. The van der Waals surface area contributed by atoms with Crippen molar-refractivity contribution in [1.82, 2.24) is 14.8 Å². The molecule has 204 valence electrons. The highest BCUT2D eigenvalue weighted by molar-refractivity contribution is 6.30. The Kier molecular flexibility index (Phi) is 7.99. The Balaban J connectivity index is 2.08. The van der Waals surface area contributed by atoms with Gasteiger partial charge >= 0.3 is 12.1 Å². The Labute approximate surface area is 219 Å². The van der Waals surface area contributed by atoms with Gasteiger partial charge in [-0.2, -0.15) is 13.2 Å². The van der Waals surface area contributed by atoms with Crippen LogP contribution in [0, 0.1) is 0 Å². The molecule has 0 radical (unpaired) electrons. The highest BCUT2D eigenvalue weighted by atomic mass is 35.5. The van der Waals surface area contributed by atoms with Crippen molar-refractivity contribution in [3.63, 3.8) is 0 Å². The smallest absolute Gasteiger partial charge is 0.452 e. The molecular weight excluding hydrogens is 535 g/mol. The standard InChI is InChI=1S/C24H23ClF3N3O7/c1-35-15-6-3-5-13(21(15)36-2)20-14-9-12(25)10-16(37-8-4-7-32)19(14)31-22(17(38-20)11-18(33)34)29-30-23(31)24(26,27)28/h3,5-6,9-10,17,20,32H,4,7-8,11H2,1-2H3,(H,33,34). The minimum atomic E-state index is -4.97. The van der Waals surface area contributed by atoms with E-state index in [4.69, 9.17) is 30.5 Å². The number of ether oxygens (including phenoxy) is 4. The summed E-state index contributed by atoms with van der Waals surface area (Å²) in [7, 11) is 2.80. The molecule has 2 unspecified atom stereocenters. The van der Waals surface area contributed by atoms with E-state index in [1.165, 1.54) is 26.4 Å². The Morgan fingerprint density at radius 1 is 1.16 bits per heavy atom. The average molecular weight is 558 g/mol. The van der Waals surface area contributed by atoms with Gasteiger partial charge in [0.1, 0.15) is 18.0 Å². The maximum absolute atomic E-state index is 14.2. The molecule has 0 amide bonds. The van der Waals surface area contributed by atoms with Gasteiger partial charge in [-0.15, -0.1) is 10.2 Å². The van der Waals surface area contributed by atoms with Crippen LogP contribution in [0.3, 0.4) is 0 Å². The summed E-state index contributed by atoms with van der Waals surface area (Å²) in [5.74, 6) is -2.67. The molecule has 38 heavy (non-hydrogen) atoms. The van der Waals surface area contributed by atoms with Crippen molar-refractivity contribution in [3.05, 3.63) is 58.1 Å². The van der Waals surface area contributed by atoms with Gasteiger partial charge in [-0.1, -0.05) is 23.7 Å². The van der Waals surface area contributed by atoms with Gasteiger partial charge in [0.25, 0.3) is 0 Å². The summed E-state index contributed by atoms with van der Waals surface area (Å²) >= 11 is 6.39. The van der Waals surface area contributed by atoms with Crippen molar-refractivity contribution in [2.45, 2.75) is 31.2 Å². The molecule has 0 bridgehead atoms. The summed E-state index contributed by atoms with van der Waals surface area (Å²) in [6, 6.07) is 7.57. The number of benzene rings is 2. The summed E-state index contributed by atoms with van der Waals surface area (Å²) in [6.45, 7) is -0.267. The monoisotopic (exact) mass is 557 g/mol. The normalized spacial score (nSPS) is 16.8. The summed E-state index contributed by atoms with van der Waals surface area (Å²) in [6.07, 6.45) is -8.16. The van der Waals surface area contributed by atoms with E-state index in [1.54, 1.807) is 18.2 Å². The third-order valence-electron chi connectivity index (χ3n) is 5.74. The van der Waals surface area contributed by atoms with Gasteiger partial charge in [0.15, 0.2) is 17.3 Å². The van der Waals surface area contributed by atoms with Gasteiger partial charge in [0, 0.05) is 35.2 Å². The lowest BCUT2D eigenvalue weighted by Gasteiger charge is -2.25. The molecule has 2 atom stereocenters. The van der Waals surface area contributed by atoms with Gasteiger partial charge < -0.3 is 29.2 Å². The Morgan fingerprint density at radius 3 is 2.55 bits per heavy atom. The predicted molar refractivity (Wildman–Crippen MR) is 126 cm³/mol. The fourth-order valence-electron chi connectivity index (χ4n) is 4.25. The molecule has 10 nitrogen and oxygen atoms in total. The number of carboxylic acids is 1. The number of nitrogens with zero attached hydrogens (tertiary/aromatic N) is 3. The first-order valence-corrected chi connectivity index (χ1v) is 11.7. The number of aliphatic carboxylic acids is 1. The van der Waals surface area contributed by atoms with Crippen LogP contribution < -0.4 is 14.2 Å². The number of hydrogen-bond donors (Lipinski definition) is 2. The van der Waals surface area contributed by atoms with Crippen molar-refractivity contribution in [1.29, 1.82) is 0 Å². The molecule has 0 saturated heterocycles. The summed E-state index contributed by atoms with van der Waals surface area (Å²) in [5.41, 5.74) is 0.309. The molecule has 0 fully saturated rings. The van der Waals surface area contributed by atoms with Crippen molar-refractivity contribution in [3.8, 4) is 22.9 Å². The summed E-state index contributed by atoms with van der Waals surface area (Å²) in [4.78, 5) is 11.8. The molecule has 1 aliphatic heterocycles. The number of aromatic nitrogens is 3. The van der Waals surface area contributed by atoms with E-state index in [0.717, 1.165) is 0 Å². The van der Waals surface area contributed by atoms with E-state index < -0.39 is 36.6 Å². The highest BCUT2D eigenvalue weighted by Crippen LogP contribution is 2.49. The predicted octanol–water partition coefficient (Wildman–Crippen LogP) is 4.35. The van der Waals surface area contributed by atoms with E-state index in [0.29, 0.717) is 15.9 Å². The van der Waals surface area contributed by atoms with E-state index in [9.17, 15) is 28.2 Å². The first kappa shape index (κ1) is 27.5. The van der Waals surface area contributed by atoms with Crippen LogP contribution in [0.1, 0.15) is 47.8 Å². The van der Waals surface area contributed by atoms with E-state index in [2.05, 4.69) is 10.2 Å². The van der Waals surface area contributed by atoms with Gasteiger partial charge in [0.2, 0.25) is 5.82 Å². The van der Waals surface area contributed by atoms with Gasteiger partial charge in [-0.3, -0.25) is 9.36 Å². The molecule has 1 aromatic heterocycles. The number of carbonyl (C=O) groups is 1. The summed E-state index contributed by atoms with van der Waals surface area (Å²) in [5, 5.41) is 25.9. The van der Waals surface area contributed by atoms with Crippen molar-refractivity contribution >= 4 is 17.6 Å². The lowest BCUT2D eigenvalue weighted by Crippen LogP contribution is -2.18. The van der Waals surface area contributed by atoms with Crippen LogP contribution in [-0.4, -0.2) is 58.4 Å². The van der Waals surface area contributed by atoms with E-state index in [1.807, 2.05) is 0 Å². The first-order chi connectivity index (χ1) is 18.1. The van der Waals surface area contributed by atoms with Crippen LogP contribution in [0.2, 0.25) is 5.02 Å². The van der Waals surface area contributed by atoms with Crippen molar-refractivity contribution in [2.75, 3.05) is 27.4 Å². The fraction of sp³-hybridized carbons (Fsp3) is 0.375. The highest BCUT2D eigenvalue weighted by Gasteiger charge is 2.45. The molecule has 4 rings (SSSR count). The minimum Gasteiger partial charge on any atom is -0.493 e. The Morgan fingerprint density at radius 2 is 1.92 bits per heavy atom. The van der Waals surface area contributed by atoms with Crippen LogP contribution in [0.25, 0.3) is 5.69 Å². The van der Waals surface area contributed by atoms with Crippen LogP contribution in [0.5, 0.6) is 17.2 Å². The molecule has 0 saturated carbocycles. The number of halogens is 4. The number of alkyl halides is 3. The molecule has 2 heterocycles. The number of carboxylic acid groups (broad SMARTS) is 1. The minimum absolute atomic E-state index is 0.0470. The average Bonchev–Trinajstić information content (AvgIpc) is 3.26. The quantitative estimate of drug-likeness (QED) is 0.369. The van der Waals surface area contributed by atoms with Crippen molar-refractivity contribution < 1.29 is 47.1 Å². The third kappa shape index (κ3) is 5.22. The number of rotatable bonds is 9. The Hall–Kier alpha value is -3.55. The molecule has 3 aromatic rings. The van der Waals surface area contributed by atoms with Gasteiger partial charge in [0.05, 0.1) is 32.9 Å². The number of hydrogen-bond acceptors (Lipinski definition) is 8. The zero-order valence-electron chi connectivity index (χ0n) is 20.2. The maximum Gasteiger partial charge on any atom is 0.452 e. The van der Waals surface area contributed by atoms with Crippen LogP contribution in [-0.2, 0) is 15.7 Å².